The SMILES string of the molecule is C=C1CS[C@@H]2C(NC(=O)COc3ccccc3)C(=O)N2C1C(=O)O.CCCCCCCC[S+]([O-])C(C)Cc1ccc2c(c1)OCO2. The van der Waals surface area contributed by atoms with E-state index in [-0.39, 0.29) is 17.2 Å². The average molecular weight is 673 g/mol. The number of β-lactam (4-membered cyclic amide) rings is 1. The van der Waals surface area contributed by atoms with Crippen molar-refractivity contribution in [2.45, 2.75) is 81.5 Å². The summed E-state index contributed by atoms with van der Waals surface area (Å²) in [6, 6.07) is 13.1. The van der Waals surface area contributed by atoms with Gasteiger partial charge in [0.1, 0.15) is 28.2 Å². The maximum atomic E-state index is 12.3. The molecular weight excluding hydrogens is 629 g/mol. The van der Waals surface area contributed by atoms with Crippen LogP contribution in [0.1, 0.15) is 57.9 Å². The Labute approximate surface area is 278 Å². The molecule has 2 N–H and O–H groups in total. The second-order valence-corrected chi connectivity index (χ2v) is 14.6. The van der Waals surface area contributed by atoms with Crippen LogP contribution in [0.25, 0.3) is 0 Å². The number of amides is 2. The Balaban J connectivity index is 0.000000210. The van der Waals surface area contributed by atoms with E-state index in [1.54, 1.807) is 24.3 Å². The van der Waals surface area contributed by atoms with E-state index in [4.69, 9.17) is 14.2 Å². The number of carboxylic acid groups (broad SMARTS) is 1. The molecule has 10 nitrogen and oxygen atoms in total. The second-order valence-electron chi connectivity index (χ2n) is 11.5. The van der Waals surface area contributed by atoms with Crippen molar-refractivity contribution in [1.82, 2.24) is 10.2 Å². The Morgan fingerprint density at radius 3 is 2.59 bits per heavy atom. The molecule has 2 aromatic carbocycles. The summed E-state index contributed by atoms with van der Waals surface area (Å²) >= 11 is 0.654. The molecule has 2 amide bonds. The van der Waals surface area contributed by atoms with Gasteiger partial charge in [-0.1, -0.05) is 74.6 Å². The first-order valence-corrected chi connectivity index (χ1v) is 18.2. The van der Waals surface area contributed by atoms with Crippen molar-refractivity contribution in [2.75, 3.05) is 24.9 Å². The van der Waals surface area contributed by atoms with E-state index in [2.05, 4.69) is 25.7 Å². The summed E-state index contributed by atoms with van der Waals surface area (Å²) in [5.41, 5.74) is 1.65. The van der Waals surface area contributed by atoms with E-state index < -0.39 is 41.0 Å². The third-order valence-corrected chi connectivity index (χ3v) is 11.1. The van der Waals surface area contributed by atoms with Crippen LogP contribution >= 0.6 is 11.8 Å². The first kappa shape index (κ1) is 35.5. The summed E-state index contributed by atoms with van der Waals surface area (Å²) in [6.07, 6.45) is 8.32. The summed E-state index contributed by atoms with van der Waals surface area (Å²) < 4.78 is 28.4. The number of hydrogen-bond acceptors (Lipinski definition) is 8. The van der Waals surface area contributed by atoms with E-state index in [1.165, 1.54) is 54.3 Å². The molecule has 12 heteroatoms. The fourth-order valence-electron chi connectivity index (χ4n) is 5.43. The number of thioether (sulfide) groups is 1. The lowest BCUT2D eigenvalue weighted by atomic mass is 9.98. The van der Waals surface area contributed by atoms with Gasteiger partial charge < -0.3 is 34.1 Å². The molecule has 3 heterocycles. The lowest BCUT2D eigenvalue weighted by Gasteiger charge is -2.52. The molecule has 5 rings (SSSR count). The van der Waals surface area contributed by atoms with Gasteiger partial charge >= 0.3 is 5.97 Å². The predicted molar refractivity (Wildman–Crippen MR) is 180 cm³/mol. The highest BCUT2D eigenvalue weighted by atomic mass is 32.2. The third-order valence-electron chi connectivity index (χ3n) is 7.96. The minimum absolute atomic E-state index is 0.191. The van der Waals surface area contributed by atoms with Gasteiger partial charge in [-0.15, -0.1) is 11.8 Å². The zero-order chi connectivity index (χ0) is 33.1. The molecular formula is C34H44N2O8S2. The highest BCUT2D eigenvalue weighted by Crippen LogP contribution is 2.40. The largest absolute Gasteiger partial charge is 0.616 e. The summed E-state index contributed by atoms with van der Waals surface area (Å²) in [5, 5.41) is 11.7. The molecule has 0 aliphatic carbocycles. The number of benzene rings is 2. The van der Waals surface area contributed by atoms with Gasteiger partial charge in [0.05, 0.1) is 0 Å². The van der Waals surface area contributed by atoms with Crippen LogP contribution in [0.3, 0.4) is 0 Å². The Morgan fingerprint density at radius 1 is 1.13 bits per heavy atom. The minimum Gasteiger partial charge on any atom is -0.616 e. The summed E-state index contributed by atoms with van der Waals surface area (Å²) in [7, 11) is 0. The summed E-state index contributed by atoms with van der Waals surface area (Å²) in [4.78, 5) is 36.8. The van der Waals surface area contributed by atoms with E-state index in [0.717, 1.165) is 30.1 Å². The molecule has 3 aliphatic rings. The number of carbonyl (C=O) groups excluding carboxylic acids is 2. The van der Waals surface area contributed by atoms with Gasteiger partial charge in [-0.3, -0.25) is 9.59 Å². The van der Waals surface area contributed by atoms with Gasteiger partial charge in [-0.25, -0.2) is 4.79 Å². The zero-order valence-electron chi connectivity index (χ0n) is 26.5. The van der Waals surface area contributed by atoms with E-state index in [1.807, 2.05) is 24.3 Å². The normalized spacial score (nSPS) is 20.8. The Morgan fingerprint density at radius 2 is 1.85 bits per heavy atom. The van der Waals surface area contributed by atoms with Crippen molar-refractivity contribution in [3.05, 3.63) is 66.2 Å². The lowest BCUT2D eigenvalue weighted by Crippen LogP contribution is -2.74. The number of ether oxygens (including phenoxy) is 3. The van der Waals surface area contributed by atoms with Gasteiger partial charge in [0.15, 0.2) is 24.1 Å². The predicted octanol–water partition coefficient (Wildman–Crippen LogP) is 4.93. The second kappa shape index (κ2) is 17.5. The molecule has 2 saturated heterocycles. The third kappa shape index (κ3) is 9.59. The van der Waals surface area contributed by atoms with Crippen LogP contribution in [0.4, 0.5) is 0 Å². The number of carbonyl (C=O) groups is 3. The molecule has 0 spiro atoms. The number of rotatable bonds is 15. The Kier molecular flexibility index (Phi) is 13.5. The van der Waals surface area contributed by atoms with E-state index in [9.17, 15) is 24.0 Å². The van der Waals surface area contributed by atoms with Crippen LogP contribution < -0.4 is 19.5 Å². The number of fused-ring (bicyclic) bond motifs is 2. The summed E-state index contributed by atoms with van der Waals surface area (Å²) in [5.74, 6) is 1.52. The van der Waals surface area contributed by atoms with Crippen molar-refractivity contribution >= 4 is 40.7 Å². The Bertz CT molecular complexity index is 1340. The first-order chi connectivity index (χ1) is 22.2. The monoisotopic (exact) mass is 672 g/mol. The topological polar surface area (TPSA) is 137 Å². The molecule has 46 heavy (non-hydrogen) atoms. The molecule has 0 radical (unpaired) electrons. The quantitative estimate of drug-likeness (QED) is 0.117. The highest BCUT2D eigenvalue weighted by Gasteiger charge is 2.56. The van der Waals surface area contributed by atoms with Crippen molar-refractivity contribution in [2.24, 2.45) is 0 Å². The number of unbranched alkanes of at least 4 members (excludes halogenated alkanes) is 5. The van der Waals surface area contributed by atoms with Gasteiger partial charge in [-0.2, -0.15) is 0 Å². The molecule has 0 bridgehead atoms. The maximum absolute atomic E-state index is 12.3. The molecule has 0 aromatic heterocycles. The molecule has 2 aromatic rings. The standard InChI is InChI=1S/C18H28O3S.C16H16N2O5S/c1-3-4-5-6-7-8-11-22(19)15(2)12-16-9-10-17-18(13-16)21-14-20-17;1-9-8-24-15-12(14(20)18(15)13(9)16(21)22)17-11(19)7-23-10-5-3-2-4-6-10/h9-10,13,15H,3-8,11-12,14H2,1-2H3;2-6,12-13,15H,1,7-8H2,(H,17,19)(H,21,22)/t;12?,13?,15-/m.1/s1. The van der Waals surface area contributed by atoms with Crippen LogP contribution in [-0.2, 0) is 32.0 Å². The van der Waals surface area contributed by atoms with Crippen LogP contribution in [0, 0.1) is 0 Å². The maximum Gasteiger partial charge on any atom is 0.330 e. The molecule has 3 aliphatic heterocycles. The number of nitrogens with zero attached hydrogens (tertiary/aromatic N) is 1. The van der Waals surface area contributed by atoms with Gasteiger partial charge in [-0.05, 0) is 55.2 Å². The number of nitrogens with one attached hydrogen (secondary N) is 1. The zero-order valence-corrected chi connectivity index (χ0v) is 28.1. The molecule has 2 fully saturated rings. The number of aliphatic carboxylic acids is 1. The van der Waals surface area contributed by atoms with E-state index >= 15 is 0 Å². The average Bonchev–Trinajstić information content (AvgIpc) is 3.52. The molecule has 0 saturated carbocycles. The molecule has 250 valence electrons. The van der Waals surface area contributed by atoms with Crippen LogP contribution in [0.2, 0.25) is 0 Å². The Hall–Kier alpha value is -3.35. The first-order valence-electron chi connectivity index (χ1n) is 15.8. The summed E-state index contributed by atoms with van der Waals surface area (Å²) in [6.45, 7) is 8.12. The van der Waals surface area contributed by atoms with Crippen molar-refractivity contribution < 1.29 is 38.3 Å². The van der Waals surface area contributed by atoms with E-state index in [0.29, 0.717) is 23.9 Å². The number of carboxylic acids is 1. The minimum atomic E-state index is -1.10. The van der Waals surface area contributed by atoms with Gasteiger partial charge in [0.25, 0.3) is 5.91 Å². The van der Waals surface area contributed by atoms with Gasteiger partial charge in [0, 0.05) is 12.2 Å². The molecule has 4 unspecified atom stereocenters. The fraction of sp³-hybridized carbons (Fsp3) is 0.500. The van der Waals surface area contributed by atoms with Crippen molar-refractivity contribution in [1.29, 1.82) is 0 Å². The number of hydrogen-bond donors (Lipinski definition) is 2. The fourth-order valence-corrected chi connectivity index (χ4v) is 8.01. The lowest BCUT2D eigenvalue weighted by molar-refractivity contribution is -0.160. The molecule has 5 atom stereocenters. The van der Waals surface area contributed by atoms with Crippen molar-refractivity contribution in [3.8, 4) is 17.2 Å². The van der Waals surface area contributed by atoms with Crippen LogP contribution in [-0.4, -0.2) is 80.0 Å². The smallest absolute Gasteiger partial charge is 0.330 e. The van der Waals surface area contributed by atoms with Gasteiger partial charge in [0.2, 0.25) is 12.7 Å². The van der Waals surface area contributed by atoms with Crippen molar-refractivity contribution in [3.63, 3.8) is 0 Å². The van der Waals surface area contributed by atoms with Crippen LogP contribution in [0.15, 0.2) is 60.7 Å². The highest BCUT2D eigenvalue weighted by molar-refractivity contribution is 8.00. The van der Waals surface area contributed by atoms with Crippen LogP contribution in [0.5, 0.6) is 17.2 Å². The number of para-hydroxylation sites is 1.